The minimum absolute atomic E-state index is 0.232. The van der Waals surface area contributed by atoms with Crippen LogP contribution in [0.25, 0.3) is 6.08 Å². The number of carbonyl (C=O) groups is 1. The highest BCUT2D eigenvalue weighted by Crippen LogP contribution is 2.31. The molecule has 1 saturated heterocycles. The molecule has 0 saturated carbocycles. The molecule has 2 aromatic rings. The molecule has 1 atom stereocenters. The van der Waals surface area contributed by atoms with Gasteiger partial charge in [0.1, 0.15) is 17.9 Å². The van der Waals surface area contributed by atoms with Crippen molar-refractivity contribution in [3.8, 4) is 5.75 Å². The summed E-state index contributed by atoms with van der Waals surface area (Å²) in [6, 6.07) is 10.1. The minimum Gasteiger partial charge on any atom is -0.503 e. The van der Waals surface area contributed by atoms with Crippen LogP contribution in [-0.4, -0.2) is 56.0 Å². The van der Waals surface area contributed by atoms with Crippen LogP contribution in [-0.2, 0) is 16.1 Å². The Labute approximate surface area is 199 Å². The number of halogens is 2. The molecule has 176 valence electrons. The smallest absolute Gasteiger partial charge is 0.147 e. The van der Waals surface area contributed by atoms with Gasteiger partial charge in [0, 0.05) is 55.2 Å². The third-order valence-electron chi connectivity index (χ3n) is 5.64. The summed E-state index contributed by atoms with van der Waals surface area (Å²) >= 11 is 6.12. The first kappa shape index (κ1) is 24.6. The molecule has 1 aliphatic rings. The van der Waals surface area contributed by atoms with Gasteiger partial charge in [0.25, 0.3) is 0 Å². The van der Waals surface area contributed by atoms with Crippen molar-refractivity contribution >= 4 is 29.7 Å². The summed E-state index contributed by atoms with van der Waals surface area (Å²) < 4.78 is 23.6. The van der Waals surface area contributed by atoms with Crippen LogP contribution in [0.5, 0.6) is 5.75 Å². The van der Waals surface area contributed by atoms with Crippen LogP contribution in [0.1, 0.15) is 17.5 Å². The summed E-state index contributed by atoms with van der Waals surface area (Å²) in [5.41, 5.74) is 8.88. The lowest BCUT2D eigenvalue weighted by Crippen LogP contribution is -2.34. The van der Waals surface area contributed by atoms with Gasteiger partial charge in [-0.05, 0) is 42.3 Å². The normalized spacial score (nSPS) is 16.8. The van der Waals surface area contributed by atoms with E-state index in [4.69, 9.17) is 26.8 Å². The van der Waals surface area contributed by atoms with Gasteiger partial charge in [-0.1, -0.05) is 23.7 Å². The van der Waals surface area contributed by atoms with Gasteiger partial charge in [0.05, 0.1) is 25.5 Å². The number of nitrogens with two attached hydrogens (primary N) is 1. The van der Waals surface area contributed by atoms with E-state index in [2.05, 4.69) is 9.80 Å². The number of carbonyl (C=O) groups excluding carboxylic acids is 1. The molecule has 0 bridgehead atoms. The number of anilines is 1. The molecule has 1 heterocycles. The van der Waals surface area contributed by atoms with E-state index in [1.54, 1.807) is 43.7 Å². The lowest BCUT2D eigenvalue weighted by molar-refractivity contribution is -0.105. The lowest BCUT2D eigenvalue weighted by atomic mass is 10.1. The predicted molar refractivity (Wildman–Crippen MR) is 129 cm³/mol. The second-order valence-electron chi connectivity index (χ2n) is 7.95. The van der Waals surface area contributed by atoms with Gasteiger partial charge in [-0.2, -0.15) is 0 Å². The maximum Gasteiger partial charge on any atom is 0.147 e. The highest BCUT2D eigenvalue weighted by atomic mass is 35.5. The van der Waals surface area contributed by atoms with Crippen molar-refractivity contribution in [2.75, 3.05) is 39.6 Å². The maximum atomic E-state index is 13.3. The molecule has 8 heteroatoms. The summed E-state index contributed by atoms with van der Waals surface area (Å²) in [5, 5.41) is 0.424. The largest absolute Gasteiger partial charge is 0.503 e. The fourth-order valence-corrected chi connectivity index (χ4v) is 4.16. The van der Waals surface area contributed by atoms with Crippen molar-refractivity contribution in [1.29, 1.82) is 0 Å². The Balaban J connectivity index is 1.70. The molecule has 3 rings (SSSR count). The standard InChI is InChI=1S/C25H29ClFN3O3/c1-32-10-9-30(15-18-3-5-21(27)6-4-18)22-7-8-29(16-22)14-19(17-31)11-20-12-25(33-2)23(26)13-24(20)28/h3-6,9-13,17,22H,7-8,14-16,28H2,1-2H3/b10-9+,19-11+. The van der Waals surface area contributed by atoms with Crippen LogP contribution in [0.2, 0.25) is 5.02 Å². The Morgan fingerprint density at radius 2 is 2.06 bits per heavy atom. The average molecular weight is 474 g/mol. The highest BCUT2D eigenvalue weighted by molar-refractivity contribution is 6.32. The number of ether oxygens (including phenoxy) is 2. The Kier molecular flexibility index (Phi) is 8.74. The van der Waals surface area contributed by atoms with Crippen molar-refractivity contribution in [2.45, 2.75) is 19.0 Å². The highest BCUT2D eigenvalue weighted by Gasteiger charge is 2.27. The molecule has 1 aliphatic heterocycles. The first-order valence-electron chi connectivity index (χ1n) is 10.6. The molecule has 33 heavy (non-hydrogen) atoms. The van der Waals surface area contributed by atoms with E-state index < -0.39 is 0 Å². The van der Waals surface area contributed by atoms with Gasteiger partial charge in [-0.25, -0.2) is 4.39 Å². The number of methoxy groups -OCH3 is 2. The van der Waals surface area contributed by atoms with E-state index in [-0.39, 0.29) is 11.9 Å². The van der Waals surface area contributed by atoms with E-state index in [1.165, 1.54) is 19.2 Å². The Bertz CT molecular complexity index is 1010. The third kappa shape index (κ3) is 6.73. The Hall–Kier alpha value is -3.03. The van der Waals surface area contributed by atoms with Gasteiger partial charge >= 0.3 is 0 Å². The monoisotopic (exact) mass is 473 g/mol. The van der Waals surface area contributed by atoms with Crippen molar-refractivity contribution in [2.24, 2.45) is 0 Å². The number of nitrogens with zero attached hydrogens (tertiary/aromatic N) is 2. The fraction of sp³-hybridized carbons (Fsp3) is 0.320. The molecule has 0 radical (unpaired) electrons. The number of hydrogen-bond acceptors (Lipinski definition) is 6. The SMILES string of the molecule is CO/C=C/N(Cc1ccc(F)cc1)C1CCN(C/C(C=O)=C\c2cc(OC)c(Cl)cc2N)C1. The summed E-state index contributed by atoms with van der Waals surface area (Å²) in [4.78, 5) is 16.2. The second kappa shape index (κ2) is 11.7. The first-order chi connectivity index (χ1) is 15.9. The number of rotatable bonds is 10. The maximum absolute atomic E-state index is 13.3. The van der Waals surface area contributed by atoms with E-state index >= 15 is 0 Å². The number of likely N-dealkylation sites (tertiary alicyclic amines) is 1. The van der Waals surface area contributed by atoms with Gasteiger partial charge in [0.2, 0.25) is 0 Å². The first-order valence-corrected chi connectivity index (χ1v) is 11.0. The van der Waals surface area contributed by atoms with Crippen molar-refractivity contribution in [3.63, 3.8) is 0 Å². The zero-order valence-electron chi connectivity index (χ0n) is 18.8. The van der Waals surface area contributed by atoms with Crippen LogP contribution < -0.4 is 10.5 Å². The minimum atomic E-state index is -0.253. The zero-order chi connectivity index (χ0) is 23.8. The van der Waals surface area contributed by atoms with Crippen molar-refractivity contribution in [3.05, 3.63) is 76.4 Å². The lowest BCUT2D eigenvalue weighted by Gasteiger charge is -2.28. The van der Waals surface area contributed by atoms with Gasteiger partial charge in [0.15, 0.2) is 0 Å². The molecular weight excluding hydrogens is 445 g/mol. The second-order valence-corrected chi connectivity index (χ2v) is 8.36. The van der Waals surface area contributed by atoms with Crippen LogP contribution >= 0.6 is 11.6 Å². The van der Waals surface area contributed by atoms with Crippen molar-refractivity contribution in [1.82, 2.24) is 9.80 Å². The number of hydrogen-bond donors (Lipinski definition) is 1. The third-order valence-corrected chi connectivity index (χ3v) is 5.93. The van der Waals surface area contributed by atoms with E-state index in [0.717, 1.165) is 31.4 Å². The Morgan fingerprint density at radius 3 is 2.73 bits per heavy atom. The van der Waals surface area contributed by atoms with Crippen LogP contribution in [0.15, 0.2) is 54.4 Å². The van der Waals surface area contributed by atoms with Crippen LogP contribution in [0.4, 0.5) is 10.1 Å². The predicted octanol–water partition coefficient (Wildman–Crippen LogP) is 4.35. The van der Waals surface area contributed by atoms with Gasteiger partial charge < -0.3 is 20.1 Å². The van der Waals surface area contributed by atoms with Gasteiger partial charge in [-0.3, -0.25) is 9.69 Å². The quantitative estimate of drug-likeness (QED) is 0.239. The molecule has 2 aromatic carbocycles. The summed E-state index contributed by atoms with van der Waals surface area (Å²) in [6.07, 6.45) is 7.11. The molecule has 0 amide bonds. The molecule has 1 fully saturated rings. The number of benzene rings is 2. The zero-order valence-corrected chi connectivity index (χ0v) is 19.6. The van der Waals surface area contributed by atoms with Crippen molar-refractivity contribution < 1.29 is 18.7 Å². The molecule has 0 aliphatic carbocycles. The summed E-state index contributed by atoms with van der Waals surface area (Å²) in [7, 11) is 3.14. The molecular formula is C25H29ClFN3O3. The van der Waals surface area contributed by atoms with Crippen LogP contribution in [0.3, 0.4) is 0 Å². The van der Waals surface area contributed by atoms with E-state index in [0.29, 0.717) is 40.7 Å². The molecule has 2 N–H and O–H groups in total. The molecule has 0 spiro atoms. The topological polar surface area (TPSA) is 68.0 Å². The van der Waals surface area contributed by atoms with E-state index in [1.807, 2.05) is 6.20 Å². The van der Waals surface area contributed by atoms with Gasteiger partial charge in [-0.15, -0.1) is 0 Å². The summed E-state index contributed by atoms with van der Waals surface area (Å²) in [6.45, 7) is 2.76. The molecule has 1 unspecified atom stereocenters. The molecule has 6 nitrogen and oxygen atoms in total. The summed E-state index contributed by atoms with van der Waals surface area (Å²) in [5.74, 6) is 0.252. The number of aldehydes is 1. The van der Waals surface area contributed by atoms with E-state index in [9.17, 15) is 9.18 Å². The fourth-order valence-electron chi connectivity index (χ4n) is 3.91. The molecule has 0 aromatic heterocycles. The number of nitrogen functional groups attached to an aromatic ring is 1. The Morgan fingerprint density at radius 1 is 1.30 bits per heavy atom. The average Bonchev–Trinajstić information content (AvgIpc) is 3.27. The van der Waals surface area contributed by atoms with Crippen LogP contribution in [0, 0.1) is 5.82 Å².